The van der Waals surface area contributed by atoms with Gasteiger partial charge in [0.1, 0.15) is 0 Å². The third-order valence-corrected chi connectivity index (χ3v) is 6.95. The molecule has 1 aliphatic heterocycles. The molecule has 1 aromatic heterocycles. The van der Waals surface area contributed by atoms with Gasteiger partial charge in [0.05, 0.1) is 10.6 Å². The lowest BCUT2D eigenvalue weighted by atomic mass is 10.0. The Morgan fingerprint density at radius 2 is 1.89 bits per heavy atom. The summed E-state index contributed by atoms with van der Waals surface area (Å²) in [5, 5.41) is 4.76. The van der Waals surface area contributed by atoms with Gasteiger partial charge >= 0.3 is 0 Å². The quantitative estimate of drug-likeness (QED) is 0.654. The highest BCUT2D eigenvalue weighted by Gasteiger charge is 2.17. The first-order valence-electron chi connectivity index (χ1n) is 9.22. The highest BCUT2D eigenvalue weighted by molar-refractivity contribution is 7.91. The molecular formula is C21H25ClN2O2S. The van der Waals surface area contributed by atoms with Crippen molar-refractivity contribution in [3.05, 3.63) is 65.9 Å². The van der Waals surface area contributed by atoms with E-state index in [1.165, 1.54) is 23.8 Å². The summed E-state index contributed by atoms with van der Waals surface area (Å²) in [7, 11) is -3.24. The minimum Gasteiger partial charge on any atom is -0.361 e. The molecule has 0 bridgehead atoms. The summed E-state index contributed by atoms with van der Waals surface area (Å²) in [4.78, 5) is 3.74. The van der Waals surface area contributed by atoms with Crippen molar-refractivity contribution in [3.63, 3.8) is 0 Å². The van der Waals surface area contributed by atoms with Crippen LogP contribution in [0.15, 0.2) is 59.6 Å². The van der Waals surface area contributed by atoms with E-state index < -0.39 is 9.84 Å². The van der Waals surface area contributed by atoms with Crippen LogP contribution in [0.25, 0.3) is 10.9 Å². The number of hydrogen-bond acceptors (Lipinski definition) is 3. The van der Waals surface area contributed by atoms with E-state index in [0.29, 0.717) is 17.4 Å². The first-order chi connectivity index (χ1) is 12.6. The Balaban J connectivity index is 0.00000210. The fourth-order valence-electron chi connectivity index (χ4n) is 3.74. The molecule has 3 aromatic rings. The predicted molar refractivity (Wildman–Crippen MR) is 112 cm³/mol. The van der Waals surface area contributed by atoms with Crippen LogP contribution in [0, 0.1) is 0 Å². The summed E-state index contributed by atoms with van der Waals surface area (Å²) in [5.41, 5.74) is 3.50. The number of hydrogen-bond donors (Lipinski definition) is 2. The van der Waals surface area contributed by atoms with Crippen molar-refractivity contribution in [1.29, 1.82) is 0 Å². The molecule has 27 heavy (non-hydrogen) atoms. The van der Waals surface area contributed by atoms with E-state index in [-0.39, 0.29) is 18.2 Å². The maximum absolute atomic E-state index is 12.5. The third kappa shape index (κ3) is 4.54. The number of fused-ring (bicyclic) bond motifs is 1. The van der Waals surface area contributed by atoms with Gasteiger partial charge in [0, 0.05) is 23.1 Å². The molecule has 1 aliphatic rings. The van der Waals surface area contributed by atoms with Gasteiger partial charge in [-0.1, -0.05) is 24.3 Å². The molecule has 0 amide bonds. The van der Waals surface area contributed by atoms with Crippen molar-refractivity contribution in [2.45, 2.75) is 36.6 Å². The monoisotopic (exact) mass is 404 g/mol. The van der Waals surface area contributed by atoms with Crippen molar-refractivity contribution < 1.29 is 8.42 Å². The Hall–Kier alpha value is -1.82. The summed E-state index contributed by atoms with van der Waals surface area (Å²) in [5.74, 6) is 0.131. The normalized spacial score (nSPS) is 17.1. The number of aromatic amines is 1. The number of aryl methyl sites for hydroxylation is 1. The Bertz CT molecular complexity index is 993. The second-order valence-corrected chi connectivity index (χ2v) is 9.18. The van der Waals surface area contributed by atoms with Crippen LogP contribution in [0.5, 0.6) is 0 Å². The average Bonchev–Trinajstić information content (AvgIpc) is 3.31. The van der Waals surface area contributed by atoms with Gasteiger partial charge in [-0.3, -0.25) is 0 Å². The zero-order valence-electron chi connectivity index (χ0n) is 15.1. The van der Waals surface area contributed by atoms with Gasteiger partial charge in [0.2, 0.25) is 0 Å². The molecule has 2 aromatic carbocycles. The van der Waals surface area contributed by atoms with Gasteiger partial charge < -0.3 is 10.3 Å². The number of rotatable bonds is 6. The summed E-state index contributed by atoms with van der Waals surface area (Å²) < 4.78 is 25.0. The van der Waals surface area contributed by atoms with Crippen molar-refractivity contribution in [2.24, 2.45) is 0 Å². The summed E-state index contributed by atoms with van der Waals surface area (Å²) in [6.45, 7) is 1.11. The maximum atomic E-state index is 12.5. The van der Waals surface area contributed by atoms with Gasteiger partial charge in [-0.05, 0) is 67.6 Å². The zero-order valence-corrected chi connectivity index (χ0v) is 16.8. The third-order valence-electron chi connectivity index (χ3n) is 5.22. The topological polar surface area (TPSA) is 62.0 Å². The molecule has 2 N–H and O–H groups in total. The Kier molecular flexibility index (Phi) is 6.25. The van der Waals surface area contributed by atoms with Gasteiger partial charge in [-0.2, -0.15) is 0 Å². The number of sulfone groups is 1. The molecule has 0 aliphatic carbocycles. The highest BCUT2D eigenvalue weighted by atomic mass is 35.5. The van der Waals surface area contributed by atoms with Gasteiger partial charge in [0.15, 0.2) is 9.84 Å². The number of aromatic nitrogens is 1. The first kappa shape index (κ1) is 19.9. The van der Waals surface area contributed by atoms with Gasteiger partial charge in [-0.25, -0.2) is 8.42 Å². The predicted octanol–water partition coefficient (Wildman–Crippen LogP) is 3.90. The van der Waals surface area contributed by atoms with Gasteiger partial charge in [-0.15, -0.1) is 12.4 Å². The Morgan fingerprint density at radius 1 is 1.07 bits per heavy atom. The SMILES string of the molecule is Cl.O=S(=O)(CCc1ccc2[nH]cc(CC3CCCN3)c2c1)c1ccccc1. The molecule has 1 atom stereocenters. The second-order valence-electron chi connectivity index (χ2n) is 7.07. The van der Waals surface area contributed by atoms with E-state index >= 15 is 0 Å². The van der Waals surface area contributed by atoms with E-state index in [2.05, 4.69) is 28.6 Å². The van der Waals surface area contributed by atoms with Crippen molar-refractivity contribution in [2.75, 3.05) is 12.3 Å². The molecule has 0 saturated carbocycles. The lowest BCUT2D eigenvalue weighted by molar-refractivity contribution is 0.595. The van der Waals surface area contributed by atoms with Crippen LogP contribution in [0.1, 0.15) is 24.0 Å². The van der Waals surface area contributed by atoms with Crippen molar-refractivity contribution in [3.8, 4) is 0 Å². The minimum atomic E-state index is -3.24. The van der Waals surface area contributed by atoms with E-state index in [4.69, 9.17) is 0 Å². The lowest BCUT2D eigenvalue weighted by Gasteiger charge is -2.09. The van der Waals surface area contributed by atoms with Crippen LogP contribution in [-0.4, -0.2) is 31.7 Å². The number of halogens is 1. The highest BCUT2D eigenvalue weighted by Crippen LogP contribution is 2.24. The standard InChI is InChI=1S/C21H24N2O2S.ClH/c24-26(25,19-6-2-1-3-7-19)12-10-16-8-9-21-20(13-16)17(15-23-21)14-18-5-4-11-22-18;/h1-3,6-9,13,15,18,22-23H,4-5,10-12,14H2;1H. The fourth-order valence-corrected chi connectivity index (χ4v) is 5.06. The Labute approximate surface area is 166 Å². The molecule has 0 spiro atoms. The van der Waals surface area contributed by atoms with E-state index in [0.717, 1.165) is 24.0 Å². The van der Waals surface area contributed by atoms with Crippen LogP contribution in [0.2, 0.25) is 0 Å². The Morgan fingerprint density at radius 3 is 2.63 bits per heavy atom. The summed E-state index contributed by atoms with van der Waals surface area (Å²) in [6.07, 6.45) is 6.11. The molecule has 6 heteroatoms. The first-order valence-corrected chi connectivity index (χ1v) is 10.9. The van der Waals surface area contributed by atoms with E-state index in [1.54, 1.807) is 24.3 Å². The number of nitrogens with one attached hydrogen (secondary N) is 2. The summed E-state index contributed by atoms with van der Waals surface area (Å²) >= 11 is 0. The van der Waals surface area contributed by atoms with E-state index in [1.807, 2.05) is 12.1 Å². The number of H-pyrrole nitrogens is 1. The molecule has 4 rings (SSSR count). The van der Waals surface area contributed by atoms with Crippen LogP contribution >= 0.6 is 12.4 Å². The van der Waals surface area contributed by atoms with Crippen LogP contribution in [-0.2, 0) is 22.7 Å². The van der Waals surface area contributed by atoms with Crippen LogP contribution in [0.4, 0.5) is 0 Å². The second kappa shape index (κ2) is 8.46. The molecule has 1 fully saturated rings. The molecule has 4 nitrogen and oxygen atoms in total. The van der Waals surface area contributed by atoms with E-state index in [9.17, 15) is 8.42 Å². The molecule has 1 unspecified atom stereocenters. The minimum absolute atomic E-state index is 0. The molecule has 0 radical (unpaired) electrons. The van der Waals surface area contributed by atoms with Crippen molar-refractivity contribution >= 4 is 33.1 Å². The smallest absolute Gasteiger partial charge is 0.178 e. The zero-order chi connectivity index (χ0) is 18.0. The number of benzene rings is 2. The van der Waals surface area contributed by atoms with Crippen LogP contribution < -0.4 is 5.32 Å². The largest absolute Gasteiger partial charge is 0.361 e. The van der Waals surface area contributed by atoms with Crippen LogP contribution in [0.3, 0.4) is 0 Å². The maximum Gasteiger partial charge on any atom is 0.178 e. The molecule has 2 heterocycles. The fraction of sp³-hybridized carbons (Fsp3) is 0.333. The molecule has 144 valence electrons. The average molecular weight is 405 g/mol. The molecule has 1 saturated heterocycles. The van der Waals surface area contributed by atoms with Gasteiger partial charge in [0.25, 0.3) is 0 Å². The van der Waals surface area contributed by atoms with Crippen molar-refractivity contribution in [1.82, 2.24) is 10.3 Å². The summed E-state index contributed by atoms with van der Waals surface area (Å²) in [6, 6.07) is 15.5. The molecular weight excluding hydrogens is 380 g/mol. The lowest BCUT2D eigenvalue weighted by Crippen LogP contribution is -2.23.